The summed E-state index contributed by atoms with van der Waals surface area (Å²) >= 11 is 0. The Kier molecular flexibility index (Phi) is 6.20. The van der Waals surface area contributed by atoms with Crippen LogP contribution in [0.1, 0.15) is 15.9 Å². The second-order valence-electron chi connectivity index (χ2n) is 5.61. The van der Waals surface area contributed by atoms with E-state index in [-0.39, 0.29) is 17.1 Å². The van der Waals surface area contributed by atoms with Gasteiger partial charge in [-0.3, -0.25) is 10.4 Å². The zero-order chi connectivity index (χ0) is 21.7. The van der Waals surface area contributed by atoms with Gasteiger partial charge in [0.2, 0.25) is 11.6 Å². The minimum Gasteiger partial charge on any atom is -0.493 e. The van der Waals surface area contributed by atoms with Gasteiger partial charge in [-0.1, -0.05) is 0 Å². The van der Waals surface area contributed by atoms with Crippen molar-refractivity contribution >= 4 is 17.9 Å². The van der Waals surface area contributed by atoms with E-state index >= 15 is 0 Å². The molecular weight excluding hydrogens is 408 g/mol. The molecule has 7 nitrogen and oxygen atoms in total. The number of esters is 1. The van der Waals surface area contributed by atoms with Gasteiger partial charge in [0.25, 0.3) is 11.9 Å². The number of methoxy groups -OCH3 is 1. The number of benzene rings is 1. The van der Waals surface area contributed by atoms with Crippen molar-refractivity contribution < 1.29 is 31.8 Å². The van der Waals surface area contributed by atoms with Gasteiger partial charge in [0.05, 0.1) is 18.9 Å². The molecule has 1 aromatic carbocycles. The lowest BCUT2D eigenvalue weighted by atomic mass is 10.2. The number of pyridine rings is 2. The molecule has 154 valence electrons. The second-order valence-corrected chi connectivity index (χ2v) is 5.61. The summed E-state index contributed by atoms with van der Waals surface area (Å²) in [5.74, 6) is -7.46. The third kappa shape index (κ3) is 4.51. The van der Waals surface area contributed by atoms with Gasteiger partial charge in [0.15, 0.2) is 11.5 Å². The molecule has 0 atom stereocenters. The smallest absolute Gasteiger partial charge is 0.345 e. The molecule has 0 amide bonds. The Labute approximate surface area is 167 Å². The van der Waals surface area contributed by atoms with E-state index in [2.05, 4.69) is 15.1 Å². The molecule has 3 rings (SSSR count). The van der Waals surface area contributed by atoms with Crippen molar-refractivity contribution in [3.05, 3.63) is 77.4 Å². The van der Waals surface area contributed by atoms with Crippen LogP contribution in [0.4, 0.5) is 23.2 Å². The summed E-state index contributed by atoms with van der Waals surface area (Å²) in [6, 6.07) is 7.38. The Balaban J connectivity index is 1.76. The van der Waals surface area contributed by atoms with E-state index in [1.807, 2.05) is 5.43 Å². The number of anilines is 1. The van der Waals surface area contributed by atoms with Crippen LogP contribution in [0.3, 0.4) is 0 Å². The van der Waals surface area contributed by atoms with Crippen LogP contribution in [-0.2, 0) is 0 Å². The zero-order valence-corrected chi connectivity index (χ0v) is 15.2. The monoisotopic (exact) mass is 420 g/mol. The number of carbonyl (C=O) groups excluding carboxylic acids is 1. The minimum atomic E-state index is -1.81. The Morgan fingerprint density at radius 2 is 1.83 bits per heavy atom. The first kappa shape index (κ1) is 20.7. The van der Waals surface area contributed by atoms with Crippen LogP contribution in [0.2, 0.25) is 0 Å². The van der Waals surface area contributed by atoms with Crippen molar-refractivity contribution in [3.63, 3.8) is 0 Å². The van der Waals surface area contributed by atoms with E-state index in [9.17, 15) is 22.4 Å². The average molecular weight is 420 g/mol. The molecule has 0 aliphatic rings. The van der Waals surface area contributed by atoms with Gasteiger partial charge in [-0.2, -0.15) is 27.6 Å². The Hall–Kier alpha value is -4.02. The van der Waals surface area contributed by atoms with Crippen molar-refractivity contribution in [3.8, 4) is 11.5 Å². The minimum absolute atomic E-state index is 0.104. The summed E-state index contributed by atoms with van der Waals surface area (Å²) in [5, 5.41) is 3.54. The van der Waals surface area contributed by atoms with E-state index in [0.717, 1.165) is 6.21 Å². The molecule has 0 aliphatic heterocycles. The zero-order valence-electron chi connectivity index (χ0n) is 15.2. The van der Waals surface area contributed by atoms with E-state index in [4.69, 9.17) is 9.47 Å². The van der Waals surface area contributed by atoms with Crippen molar-refractivity contribution in [1.82, 2.24) is 9.97 Å². The van der Waals surface area contributed by atoms with Crippen LogP contribution in [0.5, 0.6) is 11.5 Å². The third-order valence-electron chi connectivity index (χ3n) is 3.68. The van der Waals surface area contributed by atoms with Gasteiger partial charge in [-0.15, -0.1) is 0 Å². The summed E-state index contributed by atoms with van der Waals surface area (Å²) < 4.78 is 63.7. The number of nitrogens with zero attached hydrogens (tertiary/aromatic N) is 3. The molecule has 2 aromatic heterocycles. The number of hydrogen-bond donors (Lipinski definition) is 1. The largest absolute Gasteiger partial charge is 0.493 e. The lowest BCUT2D eigenvalue weighted by Gasteiger charge is -2.10. The van der Waals surface area contributed by atoms with Gasteiger partial charge in [0, 0.05) is 12.4 Å². The lowest BCUT2D eigenvalue weighted by molar-refractivity contribution is 0.0729. The Morgan fingerprint density at radius 1 is 1.10 bits per heavy atom. The number of hydrogen-bond acceptors (Lipinski definition) is 7. The number of ether oxygens (including phenoxy) is 2. The highest BCUT2D eigenvalue weighted by Crippen LogP contribution is 2.28. The van der Waals surface area contributed by atoms with Gasteiger partial charge >= 0.3 is 5.97 Å². The molecule has 0 fully saturated rings. The van der Waals surface area contributed by atoms with Crippen molar-refractivity contribution in [2.45, 2.75) is 0 Å². The number of halogens is 4. The molecule has 0 saturated heterocycles. The molecule has 0 unspecified atom stereocenters. The van der Waals surface area contributed by atoms with Crippen LogP contribution in [0.25, 0.3) is 0 Å². The number of carbonyl (C=O) groups is 1. The van der Waals surface area contributed by atoms with Crippen LogP contribution in [0.15, 0.2) is 47.8 Å². The highest BCUT2D eigenvalue weighted by molar-refractivity contribution is 5.91. The number of aromatic nitrogens is 2. The molecule has 30 heavy (non-hydrogen) atoms. The number of nitrogens with one attached hydrogen (secondary N) is 1. The lowest BCUT2D eigenvalue weighted by Crippen LogP contribution is -2.09. The SMILES string of the molecule is COc1cc(/C=N/Nc2c(F)c(F)nc(F)c2F)ccc1OC(=O)c1cccnc1. The standard InChI is InChI=1S/C19H12F4N4O3/c1-29-13-7-10(4-5-12(13)30-19(28)11-3-2-6-24-9-11)8-25-27-16-14(20)17(22)26-18(23)15(16)21/h2-9H,1H3,(H,26,27)/b25-8+. The molecule has 11 heteroatoms. The van der Waals surface area contributed by atoms with Crippen molar-refractivity contribution in [1.29, 1.82) is 0 Å². The van der Waals surface area contributed by atoms with Gasteiger partial charge in [0.1, 0.15) is 5.69 Å². The fraction of sp³-hybridized carbons (Fsp3) is 0.0526. The predicted molar refractivity (Wildman–Crippen MR) is 97.5 cm³/mol. The number of hydrazone groups is 1. The fourth-order valence-corrected chi connectivity index (χ4v) is 2.25. The van der Waals surface area contributed by atoms with E-state index < -0.39 is 35.2 Å². The topological polar surface area (TPSA) is 85.7 Å². The molecule has 0 saturated carbocycles. The quantitative estimate of drug-likeness (QED) is 0.163. The van der Waals surface area contributed by atoms with E-state index in [1.165, 1.54) is 43.8 Å². The molecular formula is C19H12F4N4O3. The maximum absolute atomic E-state index is 13.5. The van der Waals surface area contributed by atoms with Gasteiger partial charge in [-0.05, 0) is 35.9 Å². The number of rotatable bonds is 6. The van der Waals surface area contributed by atoms with Crippen molar-refractivity contribution in [2.24, 2.45) is 5.10 Å². The normalized spacial score (nSPS) is 10.8. The van der Waals surface area contributed by atoms with Crippen molar-refractivity contribution in [2.75, 3.05) is 12.5 Å². The molecule has 0 bridgehead atoms. The highest BCUT2D eigenvalue weighted by atomic mass is 19.2. The average Bonchev–Trinajstić information content (AvgIpc) is 2.76. The highest BCUT2D eigenvalue weighted by Gasteiger charge is 2.20. The second kappa shape index (κ2) is 8.99. The van der Waals surface area contributed by atoms with E-state index in [1.54, 1.807) is 6.07 Å². The van der Waals surface area contributed by atoms with E-state index in [0.29, 0.717) is 5.56 Å². The van der Waals surface area contributed by atoms with Crippen LogP contribution >= 0.6 is 0 Å². The molecule has 3 aromatic rings. The third-order valence-corrected chi connectivity index (χ3v) is 3.68. The molecule has 0 spiro atoms. The van der Waals surface area contributed by atoms with Crippen LogP contribution in [0, 0.1) is 23.5 Å². The molecule has 0 aliphatic carbocycles. The fourth-order valence-electron chi connectivity index (χ4n) is 2.25. The molecule has 2 heterocycles. The van der Waals surface area contributed by atoms with Crippen LogP contribution < -0.4 is 14.9 Å². The first-order valence-corrected chi connectivity index (χ1v) is 8.20. The maximum atomic E-state index is 13.5. The maximum Gasteiger partial charge on any atom is 0.345 e. The molecule has 1 N–H and O–H groups in total. The summed E-state index contributed by atoms with van der Waals surface area (Å²) in [5.41, 5.74) is 1.34. The first-order valence-electron chi connectivity index (χ1n) is 8.20. The first-order chi connectivity index (χ1) is 14.4. The van der Waals surface area contributed by atoms with Crippen LogP contribution in [-0.4, -0.2) is 29.3 Å². The Bertz CT molecular complexity index is 1080. The Morgan fingerprint density at radius 3 is 2.47 bits per heavy atom. The summed E-state index contributed by atoms with van der Waals surface area (Å²) in [4.78, 5) is 18.4. The summed E-state index contributed by atoms with van der Waals surface area (Å²) in [7, 11) is 1.34. The predicted octanol–water partition coefficient (Wildman–Crippen LogP) is 3.71. The summed E-state index contributed by atoms with van der Waals surface area (Å²) in [6.45, 7) is 0. The summed E-state index contributed by atoms with van der Waals surface area (Å²) in [6.07, 6.45) is 3.95. The molecule has 0 radical (unpaired) electrons. The van der Waals surface area contributed by atoms with Gasteiger partial charge in [-0.25, -0.2) is 4.79 Å². The van der Waals surface area contributed by atoms with Gasteiger partial charge < -0.3 is 9.47 Å².